The number of rotatable bonds is 7. The molecule has 36 heavy (non-hydrogen) atoms. The number of fused-ring (bicyclic) bond motifs is 2. The molecule has 2 heterocycles. The van der Waals surface area contributed by atoms with E-state index in [1.807, 2.05) is 53.1 Å². The molecule has 5 rings (SSSR count). The summed E-state index contributed by atoms with van der Waals surface area (Å²) >= 11 is 1.43. The second-order valence-corrected chi connectivity index (χ2v) is 12.0. The number of methoxy groups -OCH3 is 2. The van der Waals surface area contributed by atoms with Crippen LogP contribution >= 0.6 is 11.8 Å². The first-order chi connectivity index (χ1) is 17.2. The number of carbonyl (C=O) groups excluding carboxylic acids is 1. The Kier molecular flexibility index (Phi) is 6.49. The highest BCUT2D eigenvalue weighted by Gasteiger charge is 2.50. The number of nitrogens with zero attached hydrogens (tertiary/aromatic N) is 4. The summed E-state index contributed by atoms with van der Waals surface area (Å²) in [6, 6.07) is 15.9. The summed E-state index contributed by atoms with van der Waals surface area (Å²) in [6.45, 7) is 7.84. The number of hydrogen-bond acceptors (Lipinski definition) is 6. The number of likely N-dealkylation sites (tertiary alicyclic amines) is 1. The fourth-order valence-corrected chi connectivity index (χ4v) is 7.13. The number of hydrogen-bond donors (Lipinski definition) is 0. The van der Waals surface area contributed by atoms with E-state index in [2.05, 4.69) is 35.9 Å². The second kappa shape index (κ2) is 9.47. The van der Waals surface area contributed by atoms with Gasteiger partial charge in [0.25, 0.3) is 0 Å². The smallest absolute Gasteiger partial charge is 0.233 e. The number of amides is 1. The van der Waals surface area contributed by atoms with Gasteiger partial charge in [-0.1, -0.05) is 44.7 Å². The van der Waals surface area contributed by atoms with E-state index in [0.29, 0.717) is 28.5 Å². The molecular formula is C28H34N4O3S. The number of benzene rings is 2. The summed E-state index contributed by atoms with van der Waals surface area (Å²) in [7, 11) is 3.30. The fourth-order valence-electron chi connectivity index (χ4n) is 6.29. The maximum Gasteiger partial charge on any atom is 0.233 e. The third-order valence-corrected chi connectivity index (χ3v) is 8.29. The lowest BCUT2D eigenvalue weighted by Gasteiger charge is -2.39. The number of para-hydroxylation sites is 1. The maximum absolute atomic E-state index is 13.4. The minimum Gasteiger partial charge on any atom is -0.497 e. The van der Waals surface area contributed by atoms with E-state index < -0.39 is 0 Å². The van der Waals surface area contributed by atoms with Crippen LogP contribution in [0.25, 0.3) is 17.1 Å². The van der Waals surface area contributed by atoms with E-state index in [1.54, 1.807) is 14.2 Å². The Labute approximate surface area is 217 Å². The number of carbonyl (C=O) groups is 1. The Bertz CT molecular complexity index is 1260. The van der Waals surface area contributed by atoms with Crippen molar-refractivity contribution >= 4 is 17.7 Å². The highest BCUT2D eigenvalue weighted by atomic mass is 32.2. The van der Waals surface area contributed by atoms with Gasteiger partial charge in [0.15, 0.2) is 11.0 Å². The predicted octanol–water partition coefficient (Wildman–Crippen LogP) is 5.47. The van der Waals surface area contributed by atoms with E-state index in [9.17, 15) is 4.79 Å². The van der Waals surface area contributed by atoms with Gasteiger partial charge < -0.3 is 14.4 Å². The quantitative estimate of drug-likeness (QED) is 0.396. The van der Waals surface area contributed by atoms with Crippen LogP contribution in [0, 0.1) is 10.8 Å². The van der Waals surface area contributed by atoms with Crippen LogP contribution in [0.3, 0.4) is 0 Å². The lowest BCUT2D eigenvalue weighted by atomic mass is 9.65. The van der Waals surface area contributed by atoms with Gasteiger partial charge in [0.2, 0.25) is 5.91 Å². The molecule has 2 atom stereocenters. The minimum absolute atomic E-state index is 0.176. The van der Waals surface area contributed by atoms with E-state index >= 15 is 0 Å². The number of aromatic nitrogens is 3. The van der Waals surface area contributed by atoms with Gasteiger partial charge in [0.1, 0.15) is 11.5 Å². The minimum atomic E-state index is 0.176. The van der Waals surface area contributed by atoms with Crippen molar-refractivity contribution in [2.24, 2.45) is 10.8 Å². The molecule has 0 radical (unpaired) electrons. The SMILES string of the molecule is COc1ccc(-n2c(SCC(=O)N3C[C@@]4(C)C[C@@H]3CC(C)(C)C4)nnc2-c2ccccc2OC)cc1. The van der Waals surface area contributed by atoms with Gasteiger partial charge >= 0.3 is 0 Å². The molecule has 1 saturated heterocycles. The molecular weight excluding hydrogens is 472 g/mol. The van der Waals surface area contributed by atoms with Gasteiger partial charge in [-0.25, -0.2) is 0 Å². The van der Waals surface area contributed by atoms with Gasteiger partial charge in [-0.3, -0.25) is 9.36 Å². The van der Waals surface area contributed by atoms with Crippen LogP contribution in [-0.4, -0.2) is 58.1 Å². The summed E-state index contributed by atoms with van der Waals surface area (Å²) in [4.78, 5) is 15.6. The maximum atomic E-state index is 13.4. The third kappa shape index (κ3) is 4.71. The van der Waals surface area contributed by atoms with Crippen LogP contribution in [0.1, 0.15) is 40.0 Å². The molecule has 2 fully saturated rings. The molecule has 1 saturated carbocycles. The van der Waals surface area contributed by atoms with Gasteiger partial charge in [-0.15, -0.1) is 10.2 Å². The van der Waals surface area contributed by atoms with Crippen molar-refractivity contribution in [2.75, 3.05) is 26.5 Å². The Morgan fingerprint density at radius 3 is 2.50 bits per heavy atom. The molecule has 1 aromatic heterocycles. The Hall–Kier alpha value is -3.00. The third-order valence-electron chi connectivity index (χ3n) is 7.37. The summed E-state index contributed by atoms with van der Waals surface area (Å²) in [5.74, 6) is 2.65. The van der Waals surface area contributed by atoms with Gasteiger partial charge in [-0.05, 0) is 66.5 Å². The molecule has 2 bridgehead atoms. The molecule has 1 amide bonds. The van der Waals surface area contributed by atoms with Gasteiger partial charge in [-0.2, -0.15) is 0 Å². The molecule has 3 aromatic rings. The first-order valence-electron chi connectivity index (χ1n) is 12.4. The monoisotopic (exact) mass is 506 g/mol. The molecule has 190 valence electrons. The van der Waals surface area contributed by atoms with Crippen molar-refractivity contribution in [1.82, 2.24) is 19.7 Å². The normalized spacial score (nSPS) is 22.5. The lowest BCUT2D eigenvalue weighted by Crippen LogP contribution is -2.38. The fraction of sp³-hybridized carbons (Fsp3) is 0.464. The van der Waals surface area contributed by atoms with Crippen LogP contribution in [0.4, 0.5) is 0 Å². The zero-order valence-electron chi connectivity index (χ0n) is 21.7. The van der Waals surface area contributed by atoms with Crippen molar-refractivity contribution in [3.63, 3.8) is 0 Å². The number of thioether (sulfide) groups is 1. The predicted molar refractivity (Wildman–Crippen MR) is 142 cm³/mol. The summed E-state index contributed by atoms with van der Waals surface area (Å²) < 4.78 is 12.9. The van der Waals surface area contributed by atoms with E-state index in [4.69, 9.17) is 9.47 Å². The number of ether oxygens (including phenoxy) is 2. The molecule has 0 unspecified atom stereocenters. The second-order valence-electron chi connectivity index (χ2n) is 11.1. The molecule has 0 N–H and O–H groups in total. The van der Waals surface area contributed by atoms with Gasteiger partial charge in [0.05, 0.1) is 31.2 Å². The Morgan fingerprint density at radius 1 is 1.03 bits per heavy atom. The first-order valence-corrected chi connectivity index (χ1v) is 13.4. The average Bonchev–Trinajstić information content (AvgIpc) is 3.39. The van der Waals surface area contributed by atoms with E-state index in [-0.39, 0.29) is 16.7 Å². The van der Waals surface area contributed by atoms with Crippen molar-refractivity contribution in [2.45, 2.75) is 51.2 Å². The van der Waals surface area contributed by atoms with Crippen LogP contribution in [0.2, 0.25) is 0 Å². The molecule has 1 aliphatic heterocycles. The summed E-state index contributed by atoms with van der Waals surface area (Å²) in [5, 5.41) is 9.71. The van der Waals surface area contributed by atoms with Crippen LogP contribution in [0.15, 0.2) is 53.7 Å². The standard InChI is InChI=1S/C28H34N4O3S/c1-27(2)14-20-15-28(3,17-27)18-31(20)24(33)16-36-26-30-29-25(22-8-6-7-9-23(22)35-5)32(26)19-10-12-21(34-4)13-11-19/h6-13,20H,14-18H2,1-5H3/t20-,28-/m0/s1. The largest absolute Gasteiger partial charge is 0.497 e. The zero-order valence-corrected chi connectivity index (χ0v) is 22.5. The molecule has 1 aliphatic carbocycles. The van der Waals surface area contributed by atoms with E-state index in [0.717, 1.165) is 36.4 Å². The Morgan fingerprint density at radius 2 is 1.78 bits per heavy atom. The summed E-state index contributed by atoms with van der Waals surface area (Å²) in [5.41, 5.74) is 2.22. The Balaban J connectivity index is 1.43. The molecule has 8 heteroatoms. The van der Waals surface area contributed by atoms with Gasteiger partial charge in [0, 0.05) is 12.6 Å². The van der Waals surface area contributed by atoms with Crippen molar-refractivity contribution in [3.05, 3.63) is 48.5 Å². The lowest BCUT2D eigenvalue weighted by molar-refractivity contribution is -0.129. The van der Waals surface area contributed by atoms with E-state index in [1.165, 1.54) is 18.2 Å². The van der Waals surface area contributed by atoms with Crippen LogP contribution in [-0.2, 0) is 4.79 Å². The molecule has 7 nitrogen and oxygen atoms in total. The highest BCUT2D eigenvalue weighted by molar-refractivity contribution is 7.99. The zero-order chi connectivity index (χ0) is 25.5. The molecule has 2 aliphatic rings. The first kappa shape index (κ1) is 24.7. The average molecular weight is 507 g/mol. The van der Waals surface area contributed by atoms with Crippen LogP contribution in [0.5, 0.6) is 11.5 Å². The van der Waals surface area contributed by atoms with Crippen LogP contribution < -0.4 is 9.47 Å². The topological polar surface area (TPSA) is 69.5 Å². The van der Waals surface area contributed by atoms with Crippen molar-refractivity contribution < 1.29 is 14.3 Å². The van der Waals surface area contributed by atoms with Crippen molar-refractivity contribution in [3.8, 4) is 28.6 Å². The molecule has 2 aromatic carbocycles. The van der Waals surface area contributed by atoms with Crippen molar-refractivity contribution in [1.29, 1.82) is 0 Å². The summed E-state index contributed by atoms with van der Waals surface area (Å²) in [6.07, 6.45) is 3.34. The highest BCUT2D eigenvalue weighted by Crippen LogP contribution is 2.52. The molecule has 0 spiro atoms.